The summed E-state index contributed by atoms with van der Waals surface area (Å²) in [5, 5.41) is 7.72. The van der Waals surface area contributed by atoms with Gasteiger partial charge in [0.1, 0.15) is 18.2 Å². The van der Waals surface area contributed by atoms with Crippen molar-refractivity contribution in [3.8, 4) is 5.69 Å². The highest BCUT2D eigenvalue weighted by molar-refractivity contribution is 8.00. The maximum absolute atomic E-state index is 14.4. The number of halogens is 1. The molecular weight excluding hydrogens is 487 g/mol. The molecule has 0 fully saturated rings. The summed E-state index contributed by atoms with van der Waals surface area (Å²) in [6, 6.07) is 14.4. The average molecular weight is 523 g/mol. The van der Waals surface area contributed by atoms with Crippen molar-refractivity contribution in [1.82, 2.24) is 15.1 Å². The van der Waals surface area contributed by atoms with E-state index in [-0.39, 0.29) is 46.6 Å². The molecule has 2 atom stereocenters. The van der Waals surface area contributed by atoms with Crippen LogP contribution in [0, 0.1) is 12.7 Å². The highest BCUT2D eigenvalue weighted by Gasteiger charge is 2.40. The van der Waals surface area contributed by atoms with Gasteiger partial charge in [0.15, 0.2) is 0 Å². The average Bonchev–Trinajstić information content (AvgIpc) is 3.17. The molecule has 0 bridgehead atoms. The van der Waals surface area contributed by atoms with Gasteiger partial charge in [0, 0.05) is 17.0 Å². The summed E-state index contributed by atoms with van der Waals surface area (Å²) in [5.41, 5.74) is 3.90. The molecule has 6 nitrogen and oxygen atoms in total. The zero-order valence-electron chi connectivity index (χ0n) is 22.3. The van der Waals surface area contributed by atoms with Crippen molar-refractivity contribution in [2.75, 3.05) is 17.2 Å². The third kappa shape index (κ3) is 5.74. The van der Waals surface area contributed by atoms with E-state index in [0.29, 0.717) is 5.82 Å². The number of carbonyl (C=O) groups excluding carboxylic acids is 2. The van der Waals surface area contributed by atoms with E-state index in [2.05, 4.69) is 26.1 Å². The molecule has 2 heterocycles. The van der Waals surface area contributed by atoms with Gasteiger partial charge in [0.25, 0.3) is 0 Å². The SMILES string of the molecule is CC[C@@H](C)NC(=O)CN1C(=O)CS[C@H](c2cccc(F)c2)c2c(C(C)(C)C)nn(-c3cccc(C)c3)c21. The second-order valence-electron chi connectivity index (χ2n) is 10.7. The third-order valence-corrected chi connectivity index (χ3v) is 7.77. The summed E-state index contributed by atoms with van der Waals surface area (Å²) in [5.74, 6) is -0.0116. The maximum Gasteiger partial charge on any atom is 0.240 e. The number of hydrogen-bond acceptors (Lipinski definition) is 4. The van der Waals surface area contributed by atoms with Gasteiger partial charge < -0.3 is 5.32 Å². The van der Waals surface area contributed by atoms with Crippen molar-refractivity contribution in [3.05, 3.63) is 76.7 Å². The van der Waals surface area contributed by atoms with Crippen molar-refractivity contribution < 1.29 is 14.0 Å². The first-order valence-electron chi connectivity index (χ1n) is 12.7. The molecule has 4 rings (SSSR count). The molecule has 3 aromatic rings. The van der Waals surface area contributed by atoms with Crippen LogP contribution < -0.4 is 10.2 Å². The molecule has 37 heavy (non-hydrogen) atoms. The van der Waals surface area contributed by atoms with Gasteiger partial charge in [-0.2, -0.15) is 5.10 Å². The zero-order chi connectivity index (χ0) is 26.9. The molecular formula is C29H35FN4O2S. The second kappa shape index (κ2) is 10.7. The van der Waals surface area contributed by atoms with Crippen LogP contribution in [0.5, 0.6) is 0 Å². The topological polar surface area (TPSA) is 67.2 Å². The summed E-state index contributed by atoms with van der Waals surface area (Å²) in [6.07, 6.45) is 0.790. The van der Waals surface area contributed by atoms with Gasteiger partial charge in [0.05, 0.1) is 22.4 Å². The quantitative estimate of drug-likeness (QED) is 0.451. The van der Waals surface area contributed by atoms with E-state index in [4.69, 9.17) is 5.10 Å². The van der Waals surface area contributed by atoms with Crippen LogP contribution in [0.3, 0.4) is 0 Å². The Balaban J connectivity index is 1.99. The molecule has 1 aliphatic rings. The molecule has 0 radical (unpaired) electrons. The van der Waals surface area contributed by atoms with Crippen molar-refractivity contribution in [1.29, 1.82) is 0 Å². The lowest BCUT2D eigenvalue weighted by Gasteiger charge is -2.25. The lowest BCUT2D eigenvalue weighted by molar-refractivity contribution is -0.123. The molecule has 8 heteroatoms. The fourth-order valence-electron chi connectivity index (χ4n) is 4.51. The predicted octanol–water partition coefficient (Wildman–Crippen LogP) is 5.70. The number of hydrogen-bond donors (Lipinski definition) is 1. The Bertz CT molecular complexity index is 1310. The van der Waals surface area contributed by atoms with Crippen LogP contribution in [0.15, 0.2) is 48.5 Å². The molecule has 0 spiro atoms. The number of carbonyl (C=O) groups is 2. The highest BCUT2D eigenvalue weighted by atomic mass is 32.2. The summed E-state index contributed by atoms with van der Waals surface area (Å²) in [7, 11) is 0. The molecule has 196 valence electrons. The second-order valence-corrected chi connectivity index (χ2v) is 11.8. The Hall–Kier alpha value is -3.13. The monoisotopic (exact) mass is 522 g/mol. The van der Waals surface area contributed by atoms with Crippen LogP contribution in [-0.4, -0.2) is 39.9 Å². The number of anilines is 1. The van der Waals surface area contributed by atoms with E-state index in [1.807, 2.05) is 51.1 Å². The van der Waals surface area contributed by atoms with Crippen LogP contribution in [0.4, 0.5) is 10.2 Å². The fourth-order valence-corrected chi connectivity index (χ4v) is 5.70. The van der Waals surface area contributed by atoms with Gasteiger partial charge in [-0.1, -0.05) is 52.0 Å². The first kappa shape index (κ1) is 26.9. The lowest BCUT2D eigenvalue weighted by atomic mass is 9.87. The maximum atomic E-state index is 14.4. The number of benzene rings is 2. The van der Waals surface area contributed by atoms with Gasteiger partial charge in [-0.05, 0) is 55.7 Å². The summed E-state index contributed by atoms with van der Waals surface area (Å²) in [4.78, 5) is 28.2. The molecule has 1 N–H and O–H groups in total. The molecule has 2 amide bonds. The molecule has 2 aromatic carbocycles. The Labute approximate surface area is 222 Å². The van der Waals surface area contributed by atoms with Crippen molar-refractivity contribution in [3.63, 3.8) is 0 Å². The predicted molar refractivity (Wildman–Crippen MR) is 148 cm³/mol. The normalized spacial score (nSPS) is 16.8. The molecule has 1 aliphatic heterocycles. The van der Waals surface area contributed by atoms with Crippen molar-refractivity contribution in [2.45, 2.75) is 64.7 Å². The smallest absolute Gasteiger partial charge is 0.240 e. The number of amides is 2. The van der Waals surface area contributed by atoms with Crippen LogP contribution in [-0.2, 0) is 15.0 Å². The van der Waals surface area contributed by atoms with Crippen LogP contribution in [0.1, 0.15) is 68.7 Å². The van der Waals surface area contributed by atoms with E-state index >= 15 is 0 Å². The van der Waals surface area contributed by atoms with Crippen LogP contribution >= 0.6 is 11.8 Å². The molecule has 0 saturated heterocycles. The minimum absolute atomic E-state index is 0.00436. The summed E-state index contributed by atoms with van der Waals surface area (Å²) >= 11 is 1.44. The number of fused-ring (bicyclic) bond motifs is 1. The molecule has 0 unspecified atom stereocenters. The third-order valence-electron chi connectivity index (χ3n) is 6.52. The van der Waals surface area contributed by atoms with E-state index in [9.17, 15) is 14.0 Å². The molecule has 1 aromatic heterocycles. The zero-order valence-corrected chi connectivity index (χ0v) is 23.2. The molecule has 0 aliphatic carbocycles. The molecule has 0 saturated carbocycles. The minimum Gasteiger partial charge on any atom is -0.352 e. The Morgan fingerprint density at radius 2 is 1.95 bits per heavy atom. The van der Waals surface area contributed by atoms with Gasteiger partial charge in [-0.15, -0.1) is 11.8 Å². The summed E-state index contributed by atoms with van der Waals surface area (Å²) < 4.78 is 16.2. The first-order chi connectivity index (χ1) is 17.5. The van der Waals surface area contributed by atoms with Gasteiger partial charge in [-0.25, -0.2) is 9.07 Å². The number of nitrogens with one attached hydrogen (secondary N) is 1. The Kier molecular flexibility index (Phi) is 7.78. The lowest BCUT2D eigenvalue weighted by Crippen LogP contribution is -2.44. The van der Waals surface area contributed by atoms with E-state index in [0.717, 1.165) is 34.5 Å². The standard InChI is InChI=1S/C29H35FN4O2S/c1-7-19(3)31-23(35)16-33-24(36)17-37-26(20-11-9-12-21(30)15-20)25-27(29(4,5)6)32-34(28(25)33)22-13-8-10-18(2)14-22/h8-15,19,26H,7,16-17H2,1-6H3,(H,31,35)/t19-,26-/m1/s1. The number of aromatic nitrogens is 2. The largest absolute Gasteiger partial charge is 0.352 e. The Morgan fingerprint density at radius 3 is 2.59 bits per heavy atom. The summed E-state index contributed by atoms with van der Waals surface area (Å²) in [6.45, 7) is 12.1. The number of aryl methyl sites for hydroxylation is 1. The van der Waals surface area contributed by atoms with Crippen LogP contribution in [0.25, 0.3) is 5.69 Å². The number of nitrogens with zero attached hydrogens (tertiary/aromatic N) is 3. The van der Waals surface area contributed by atoms with Crippen molar-refractivity contribution in [2.24, 2.45) is 0 Å². The van der Waals surface area contributed by atoms with Gasteiger partial charge >= 0.3 is 0 Å². The van der Waals surface area contributed by atoms with Gasteiger partial charge in [-0.3, -0.25) is 14.5 Å². The van der Waals surface area contributed by atoms with Crippen molar-refractivity contribution >= 4 is 29.4 Å². The van der Waals surface area contributed by atoms with Gasteiger partial charge in [0.2, 0.25) is 11.8 Å². The van der Waals surface area contributed by atoms with E-state index in [1.54, 1.807) is 15.6 Å². The highest BCUT2D eigenvalue weighted by Crippen LogP contribution is 2.48. The van der Waals surface area contributed by atoms with E-state index < -0.39 is 0 Å². The fraction of sp³-hybridized carbons (Fsp3) is 0.414. The number of thioether (sulfide) groups is 1. The number of rotatable bonds is 6. The van der Waals surface area contributed by atoms with E-state index in [1.165, 1.54) is 23.9 Å². The van der Waals surface area contributed by atoms with Crippen LogP contribution in [0.2, 0.25) is 0 Å². The minimum atomic E-state index is -0.372. The Morgan fingerprint density at radius 1 is 1.22 bits per heavy atom. The first-order valence-corrected chi connectivity index (χ1v) is 13.7.